The van der Waals surface area contributed by atoms with Gasteiger partial charge in [0.1, 0.15) is 0 Å². The Morgan fingerprint density at radius 2 is 2.00 bits per heavy atom. The second-order valence-corrected chi connectivity index (χ2v) is 3.48. The van der Waals surface area contributed by atoms with Crippen molar-refractivity contribution in [3.8, 4) is 0 Å². The molecule has 0 spiro atoms. The van der Waals surface area contributed by atoms with Gasteiger partial charge in [0.05, 0.1) is 0 Å². The highest BCUT2D eigenvalue weighted by molar-refractivity contribution is 7.38. The zero-order valence-electron chi connectivity index (χ0n) is 5.66. The highest BCUT2D eigenvalue weighted by atomic mass is 31.1. The molecule has 0 aliphatic heterocycles. The lowest BCUT2D eigenvalue weighted by Gasteiger charge is -2.20. The molecule has 4 nitrogen and oxygen atoms in total. The average molecular weight is 151 g/mol. The van der Waals surface area contributed by atoms with Crippen molar-refractivity contribution >= 4 is 8.03 Å². The van der Waals surface area contributed by atoms with E-state index in [0.29, 0.717) is 0 Å². The second-order valence-electron chi connectivity index (χ2n) is 2.12. The van der Waals surface area contributed by atoms with Crippen molar-refractivity contribution in [3.05, 3.63) is 0 Å². The molecule has 0 rings (SSSR count). The molecule has 0 amide bonds. The van der Waals surface area contributed by atoms with Gasteiger partial charge in [0.25, 0.3) is 0 Å². The lowest BCUT2D eigenvalue weighted by molar-refractivity contribution is -0.188. The minimum Gasteiger partial charge on any atom is -0.592 e. The summed E-state index contributed by atoms with van der Waals surface area (Å²) in [6, 6.07) is 0. The molecule has 2 atom stereocenters. The van der Waals surface area contributed by atoms with Crippen LogP contribution in [0.5, 0.6) is 0 Å². The van der Waals surface area contributed by atoms with Crippen molar-refractivity contribution in [3.63, 3.8) is 0 Å². The Balaban J connectivity index is 4.19. The van der Waals surface area contributed by atoms with Crippen LogP contribution in [0.1, 0.15) is 6.92 Å². The standard InChI is InChI=1S/C4H10NO3P/c1-4(6,5(2)3)9(7)8/h6H,1-3H3. The number of hydrogen-bond donors (Lipinski definition) is 1. The van der Waals surface area contributed by atoms with Gasteiger partial charge >= 0.3 is 13.5 Å². The summed E-state index contributed by atoms with van der Waals surface area (Å²) in [6.45, 7) is 1.22. The summed E-state index contributed by atoms with van der Waals surface area (Å²) in [6.07, 6.45) is 0. The molecule has 0 aliphatic rings. The van der Waals surface area contributed by atoms with E-state index in [1.165, 1.54) is 25.9 Å². The largest absolute Gasteiger partial charge is 0.592 e. The Morgan fingerprint density at radius 1 is 1.67 bits per heavy atom. The molecule has 0 aromatic carbocycles. The van der Waals surface area contributed by atoms with Crippen LogP contribution >= 0.6 is 8.03 Å². The quantitative estimate of drug-likeness (QED) is 0.419. The molecule has 0 fully saturated rings. The predicted molar refractivity (Wildman–Crippen MR) is 31.9 cm³/mol. The molecule has 54 valence electrons. The van der Waals surface area contributed by atoms with E-state index in [1.807, 2.05) is 0 Å². The summed E-state index contributed by atoms with van der Waals surface area (Å²) in [4.78, 5) is 11.4. The number of nitrogens with zero attached hydrogens (tertiary/aromatic N) is 1. The molecular weight excluding hydrogens is 141 g/mol. The number of aliphatic hydroxyl groups is 1. The smallest absolute Gasteiger partial charge is 0.361 e. The van der Waals surface area contributed by atoms with Gasteiger partial charge in [-0.1, -0.05) is 4.57 Å². The van der Waals surface area contributed by atoms with Crippen LogP contribution in [-0.2, 0) is 4.57 Å². The van der Waals surface area contributed by atoms with Gasteiger partial charge in [0.15, 0.2) is 0 Å². The lowest BCUT2D eigenvalue weighted by atomic mass is 10.6. The van der Waals surface area contributed by atoms with Crippen LogP contribution < -0.4 is 4.89 Å². The van der Waals surface area contributed by atoms with Gasteiger partial charge in [0, 0.05) is 6.92 Å². The molecular formula is C4H10NO3P. The Hall–Kier alpha value is -0.0200. The molecule has 2 unspecified atom stereocenters. The Bertz CT molecular complexity index is 123. The first-order valence-electron chi connectivity index (χ1n) is 2.43. The zero-order valence-corrected chi connectivity index (χ0v) is 6.55. The highest BCUT2D eigenvalue weighted by Crippen LogP contribution is 2.29. The van der Waals surface area contributed by atoms with Crippen molar-refractivity contribution < 1.29 is 14.6 Å². The molecule has 5 heteroatoms. The zero-order chi connectivity index (χ0) is 7.65. The topological polar surface area (TPSA) is 63.6 Å². The van der Waals surface area contributed by atoms with Crippen LogP contribution in [0.25, 0.3) is 0 Å². The maximum absolute atomic E-state index is 10.2. The second kappa shape index (κ2) is 2.71. The molecule has 0 saturated carbocycles. The monoisotopic (exact) mass is 151 g/mol. The van der Waals surface area contributed by atoms with E-state index in [-0.39, 0.29) is 0 Å². The Labute approximate surface area is 55.0 Å². The Morgan fingerprint density at radius 3 is 2.00 bits per heavy atom. The Kier molecular flexibility index (Phi) is 2.70. The van der Waals surface area contributed by atoms with Crippen molar-refractivity contribution in [1.29, 1.82) is 0 Å². The average Bonchev–Trinajstić information content (AvgIpc) is 1.65. The number of hydrogen-bond acceptors (Lipinski definition) is 4. The van der Waals surface area contributed by atoms with Crippen LogP contribution in [0, 0.1) is 0 Å². The van der Waals surface area contributed by atoms with E-state index in [1.54, 1.807) is 0 Å². The summed E-state index contributed by atoms with van der Waals surface area (Å²) >= 11 is 0. The van der Waals surface area contributed by atoms with Gasteiger partial charge < -0.3 is 10.00 Å². The van der Waals surface area contributed by atoms with Crippen LogP contribution in [-0.4, -0.2) is 29.6 Å². The van der Waals surface area contributed by atoms with Gasteiger partial charge in [-0.15, -0.1) is 0 Å². The molecule has 9 heavy (non-hydrogen) atoms. The first kappa shape index (κ1) is 8.98. The van der Waals surface area contributed by atoms with Crippen LogP contribution in [0.4, 0.5) is 0 Å². The van der Waals surface area contributed by atoms with Gasteiger partial charge in [-0.25, -0.2) is 4.90 Å². The SMILES string of the molecule is CN(C)C(C)(O)[P+](=O)[O-]. The molecule has 0 radical (unpaired) electrons. The van der Waals surface area contributed by atoms with Gasteiger partial charge in [-0.2, -0.15) is 0 Å². The summed E-state index contributed by atoms with van der Waals surface area (Å²) in [5.74, 6) is 0. The molecule has 0 aromatic heterocycles. The third-order valence-electron chi connectivity index (χ3n) is 1.19. The lowest BCUT2D eigenvalue weighted by Crippen LogP contribution is -2.39. The normalized spacial score (nSPS) is 19.6. The fraction of sp³-hybridized carbons (Fsp3) is 1.00. The summed E-state index contributed by atoms with van der Waals surface area (Å²) in [5.41, 5.74) is -1.71. The van der Waals surface area contributed by atoms with Crippen molar-refractivity contribution in [2.24, 2.45) is 0 Å². The molecule has 0 aromatic rings. The van der Waals surface area contributed by atoms with Crippen molar-refractivity contribution in [2.75, 3.05) is 14.1 Å². The minimum absolute atomic E-state index is 1.22. The minimum atomic E-state index is -2.80. The van der Waals surface area contributed by atoms with E-state index in [4.69, 9.17) is 5.11 Å². The van der Waals surface area contributed by atoms with E-state index in [2.05, 4.69) is 0 Å². The summed E-state index contributed by atoms with van der Waals surface area (Å²) in [7, 11) is 0.181. The van der Waals surface area contributed by atoms with Crippen LogP contribution in [0.2, 0.25) is 0 Å². The predicted octanol–water partition coefficient (Wildman–Crippen LogP) is -0.683. The van der Waals surface area contributed by atoms with Crippen molar-refractivity contribution in [1.82, 2.24) is 4.90 Å². The molecule has 0 aliphatic carbocycles. The fourth-order valence-corrected chi connectivity index (χ4v) is 0.490. The van der Waals surface area contributed by atoms with Crippen LogP contribution in [0.3, 0.4) is 0 Å². The van der Waals surface area contributed by atoms with Gasteiger partial charge in [-0.05, 0) is 14.1 Å². The summed E-state index contributed by atoms with van der Waals surface area (Å²) < 4.78 is 10.2. The maximum Gasteiger partial charge on any atom is 0.361 e. The first-order valence-corrected chi connectivity index (χ1v) is 3.61. The van der Waals surface area contributed by atoms with Crippen LogP contribution in [0.15, 0.2) is 0 Å². The molecule has 0 bridgehead atoms. The maximum atomic E-state index is 10.2. The molecule has 0 saturated heterocycles. The van der Waals surface area contributed by atoms with E-state index in [0.717, 1.165) is 0 Å². The van der Waals surface area contributed by atoms with E-state index in [9.17, 15) is 9.46 Å². The number of rotatable bonds is 2. The van der Waals surface area contributed by atoms with Crippen molar-refractivity contribution in [2.45, 2.75) is 12.4 Å². The summed E-state index contributed by atoms with van der Waals surface area (Å²) in [5, 5.41) is 9.00. The molecule has 0 heterocycles. The first-order chi connectivity index (χ1) is 3.89. The van der Waals surface area contributed by atoms with Gasteiger partial charge in [0.2, 0.25) is 0 Å². The van der Waals surface area contributed by atoms with Gasteiger partial charge in [-0.3, -0.25) is 0 Å². The third kappa shape index (κ3) is 1.99. The van der Waals surface area contributed by atoms with E-state index >= 15 is 0 Å². The van der Waals surface area contributed by atoms with E-state index < -0.39 is 13.5 Å². The highest BCUT2D eigenvalue weighted by Gasteiger charge is 2.37. The molecule has 1 N–H and O–H groups in total. The fourth-order valence-electron chi connectivity index (χ4n) is 0.163. The third-order valence-corrected chi connectivity index (χ3v) is 2.28.